The van der Waals surface area contributed by atoms with Crippen LogP contribution in [-0.2, 0) is 9.53 Å². The summed E-state index contributed by atoms with van der Waals surface area (Å²) in [6.45, 7) is 12.7. The lowest BCUT2D eigenvalue weighted by Crippen LogP contribution is -2.61. The van der Waals surface area contributed by atoms with Crippen LogP contribution in [0.5, 0.6) is 0 Å². The van der Waals surface area contributed by atoms with Gasteiger partial charge in [-0.05, 0) is 37.8 Å². The summed E-state index contributed by atoms with van der Waals surface area (Å²) in [5.74, 6) is 0.793. The van der Waals surface area contributed by atoms with Crippen molar-refractivity contribution in [3.8, 4) is 0 Å². The van der Waals surface area contributed by atoms with Gasteiger partial charge in [-0.1, -0.05) is 40.5 Å². The number of rotatable bonds is 8. The lowest BCUT2D eigenvalue weighted by atomic mass is 9.67. The molecule has 0 bridgehead atoms. The highest BCUT2D eigenvalue weighted by molar-refractivity contribution is 5.81. The van der Waals surface area contributed by atoms with Crippen LogP contribution >= 0.6 is 0 Å². The minimum absolute atomic E-state index is 0.0690. The van der Waals surface area contributed by atoms with Gasteiger partial charge in [-0.25, -0.2) is 0 Å². The molecule has 0 aromatic heterocycles. The van der Waals surface area contributed by atoms with E-state index >= 15 is 0 Å². The Morgan fingerprint density at radius 1 is 1.33 bits per heavy atom. The van der Waals surface area contributed by atoms with Crippen molar-refractivity contribution in [3.05, 3.63) is 0 Å². The Morgan fingerprint density at radius 2 is 2.00 bits per heavy atom. The first-order valence-electron chi connectivity index (χ1n) is 8.57. The predicted octanol–water partition coefficient (Wildman–Crippen LogP) is 2.68. The first kappa shape index (κ1) is 18.4. The lowest BCUT2D eigenvalue weighted by Gasteiger charge is -2.44. The van der Waals surface area contributed by atoms with Crippen molar-refractivity contribution in [1.29, 1.82) is 0 Å². The highest BCUT2D eigenvalue weighted by Crippen LogP contribution is 2.39. The summed E-state index contributed by atoms with van der Waals surface area (Å²) in [6, 6.07) is 0. The van der Waals surface area contributed by atoms with E-state index in [1.54, 1.807) is 0 Å². The van der Waals surface area contributed by atoms with E-state index < -0.39 is 5.54 Å². The van der Waals surface area contributed by atoms with E-state index in [4.69, 9.17) is 4.74 Å². The van der Waals surface area contributed by atoms with Crippen LogP contribution in [0.2, 0.25) is 0 Å². The third-order valence-corrected chi connectivity index (χ3v) is 5.09. The highest BCUT2D eigenvalue weighted by Gasteiger charge is 2.48. The minimum Gasteiger partial charge on any atom is -0.468 e. The second kappa shape index (κ2) is 8.74. The van der Waals surface area contributed by atoms with Crippen molar-refractivity contribution < 1.29 is 9.53 Å². The molecule has 4 nitrogen and oxygen atoms in total. The van der Waals surface area contributed by atoms with Gasteiger partial charge in [0.05, 0.1) is 7.11 Å². The zero-order valence-corrected chi connectivity index (χ0v) is 14.6. The zero-order valence-electron chi connectivity index (χ0n) is 14.6. The molecule has 1 rings (SSSR count). The first-order chi connectivity index (χ1) is 10.0. The molecular weight excluding hydrogens is 264 g/mol. The van der Waals surface area contributed by atoms with Crippen molar-refractivity contribution in [3.63, 3.8) is 0 Å². The Kier molecular flexibility index (Phi) is 7.67. The SMILES string of the molecule is CCN(CC)CCNC1(C(=O)OC)CCCCC1C(C)C. The van der Waals surface area contributed by atoms with E-state index in [9.17, 15) is 4.79 Å². The molecule has 1 aliphatic rings. The van der Waals surface area contributed by atoms with Crippen molar-refractivity contribution in [2.24, 2.45) is 11.8 Å². The third kappa shape index (κ3) is 4.43. The maximum Gasteiger partial charge on any atom is 0.326 e. The van der Waals surface area contributed by atoms with Gasteiger partial charge in [0, 0.05) is 13.1 Å². The average molecular weight is 298 g/mol. The van der Waals surface area contributed by atoms with E-state index in [2.05, 4.69) is 37.9 Å². The Balaban J connectivity index is 2.80. The Hall–Kier alpha value is -0.610. The molecule has 124 valence electrons. The van der Waals surface area contributed by atoms with Crippen LogP contribution in [-0.4, -0.2) is 49.7 Å². The molecule has 0 heterocycles. The van der Waals surface area contributed by atoms with Gasteiger partial charge in [0.25, 0.3) is 0 Å². The van der Waals surface area contributed by atoms with Crippen LogP contribution in [0.3, 0.4) is 0 Å². The smallest absolute Gasteiger partial charge is 0.326 e. The lowest BCUT2D eigenvalue weighted by molar-refractivity contribution is -0.154. The summed E-state index contributed by atoms with van der Waals surface area (Å²) in [7, 11) is 1.52. The molecule has 1 N–H and O–H groups in total. The number of nitrogens with zero attached hydrogens (tertiary/aromatic N) is 1. The van der Waals surface area contributed by atoms with E-state index in [-0.39, 0.29) is 5.97 Å². The number of hydrogen-bond acceptors (Lipinski definition) is 4. The molecule has 0 amide bonds. The number of methoxy groups -OCH3 is 1. The summed E-state index contributed by atoms with van der Waals surface area (Å²) in [5, 5.41) is 3.60. The van der Waals surface area contributed by atoms with Crippen molar-refractivity contribution in [2.75, 3.05) is 33.3 Å². The topological polar surface area (TPSA) is 41.6 Å². The highest BCUT2D eigenvalue weighted by atomic mass is 16.5. The van der Waals surface area contributed by atoms with Crippen molar-refractivity contribution in [2.45, 2.75) is 58.9 Å². The quantitative estimate of drug-likeness (QED) is 0.700. The van der Waals surface area contributed by atoms with Crippen LogP contribution in [0.4, 0.5) is 0 Å². The van der Waals surface area contributed by atoms with Crippen molar-refractivity contribution >= 4 is 5.97 Å². The molecule has 1 aliphatic carbocycles. The van der Waals surface area contributed by atoms with Crippen LogP contribution in [0.25, 0.3) is 0 Å². The average Bonchev–Trinajstić information content (AvgIpc) is 2.50. The third-order valence-electron chi connectivity index (χ3n) is 5.09. The van der Waals surface area contributed by atoms with Gasteiger partial charge < -0.3 is 15.0 Å². The number of nitrogens with one attached hydrogen (secondary N) is 1. The van der Waals surface area contributed by atoms with E-state index in [0.29, 0.717) is 11.8 Å². The van der Waals surface area contributed by atoms with E-state index in [0.717, 1.165) is 45.4 Å². The Bertz CT molecular complexity index is 316. The molecule has 21 heavy (non-hydrogen) atoms. The van der Waals surface area contributed by atoms with Gasteiger partial charge >= 0.3 is 5.97 Å². The molecule has 0 aromatic rings. The standard InChI is InChI=1S/C17H34N2O2/c1-6-19(7-2)13-12-18-17(16(20)21-5)11-9-8-10-15(17)14(3)4/h14-15,18H,6-13H2,1-5H3. The molecule has 0 saturated heterocycles. The molecule has 0 aromatic carbocycles. The van der Waals surface area contributed by atoms with Gasteiger partial charge in [0.1, 0.15) is 5.54 Å². The molecule has 1 fully saturated rings. The number of ether oxygens (including phenoxy) is 1. The predicted molar refractivity (Wildman–Crippen MR) is 87.3 cm³/mol. The summed E-state index contributed by atoms with van der Waals surface area (Å²) >= 11 is 0. The van der Waals surface area contributed by atoms with Gasteiger partial charge in [-0.2, -0.15) is 0 Å². The minimum atomic E-state index is -0.478. The maximum atomic E-state index is 12.5. The summed E-state index contributed by atoms with van der Waals surface area (Å²) in [4.78, 5) is 14.9. The number of carbonyl (C=O) groups excluding carboxylic acids is 1. The molecular formula is C17H34N2O2. The molecule has 2 unspecified atom stereocenters. The van der Waals surface area contributed by atoms with E-state index in [1.165, 1.54) is 13.5 Å². The number of esters is 1. The summed E-state index contributed by atoms with van der Waals surface area (Å²) in [5.41, 5.74) is -0.478. The van der Waals surface area contributed by atoms with Crippen LogP contribution in [0.1, 0.15) is 53.4 Å². The molecule has 0 radical (unpaired) electrons. The van der Waals surface area contributed by atoms with Crippen LogP contribution < -0.4 is 5.32 Å². The molecule has 1 saturated carbocycles. The maximum absolute atomic E-state index is 12.5. The van der Waals surface area contributed by atoms with E-state index in [1.807, 2.05) is 0 Å². The fraction of sp³-hybridized carbons (Fsp3) is 0.941. The van der Waals surface area contributed by atoms with Gasteiger partial charge in [-0.3, -0.25) is 4.79 Å². The van der Waals surface area contributed by atoms with Gasteiger partial charge in [0.15, 0.2) is 0 Å². The normalized spacial score (nSPS) is 26.3. The van der Waals surface area contributed by atoms with Crippen molar-refractivity contribution in [1.82, 2.24) is 10.2 Å². The Morgan fingerprint density at radius 3 is 2.52 bits per heavy atom. The number of hydrogen-bond donors (Lipinski definition) is 1. The first-order valence-corrected chi connectivity index (χ1v) is 8.57. The molecule has 4 heteroatoms. The van der Waals surface area contributed by atoms with Crippen LogP contribution in [0.15, 0.2) is 0 Å². The second-order valence-corrected chi connectivity index (χ2v) is 6.51. The summed E-state index contributed by atoms with van der Waals surface area (Å²) in [6.07, 6.45) is 4.35. The molecule has 0 spiro atoms. The number of carbonyl (C=O) groups is 1. The van der Waals surface area contributed by atoms with Gasteiger partial charge in [0.2, 0.25) is 0 Å². The van der Waals surface area contributed by atoms with Crippen LogP contribution in [0, 0.1) is 11.8 Å². The molecule has 0 aliphatic heterocycles. The summed E-state index contributed by atoms with van der Waals surface area (Å²) < 4.78 is 5.17. The second-order valence-electron chi connectivity index (χ2n) is 6.51. The molecule has 2 atom stereocenters. The fourth-order valence-electron chi connectivity index (χ4n) is 3.81. The zero-order chi connectivity index (χ0) is 15.9. The fourth-order valence-corrected chi connectivity index (χ4v) is 3.81. The number of likely N-dealkylation sites (N-methyl/N-ethyl adjacent to an activating group) is 1. The van der Waals surface area contributed by atoms with Gasteiger partial charge in [-0.15, -0.1) is 0 Å². The monoisotopic (exact) mass is 298 g/mol. The largest absolute Gasteiger partial charge is 0.468 e. The Labute approximate surface area is 130 Å².